The van der Waals surface area contributed by atoms with Crippen molar-refractivity contribution in [2.75, 3.05) is 6.54 Å². The highest BCUT2D eigenvalue weighted by molar-refractivity contribution is 5.95. The maximum Gasteiger partial charge on any atom is 0.254 e. The van der Waals surface area contributed by atoms with E-state index in [0.717, 1.165) is 12.1 Å². The van der Waals surface area contributed by atoms with Gasteiger partial charge in [0.25, 0.3) is 5.91 Å². The summed E-state index contributed by atoms with van der Waals surface area (Å²) < 4.78 is 0. The summed E-state index contributed by atoms with van der Waals surface area (Å²) in [7, 11) is 0. The van der Waals surface area contributed by atoms with E-state index in [4.69, 9.17) is 5.73 Å². The second kappa shape index (κ2) is 6.54. The van der Waals surface area contributed by atoms with Crippen molar-refractivity contribution in [3.8, 4) is 0 Å². The number of amides is 2. The zero-order valence-corrected chi connectivity index (χ0v) is 11.8. The van der Waals surface area contributed by atoms with Gasteiger partial charge >= 0.3 is 0 Å². The van der Waals surface area contributed by atoms with Crippen LogP contribution in [0.1, 0.15) is 61.0 Å². The number of nitrogens with zero attached hydrogens (tertiary/aromatic N) is 1. The van der Waals surface area contributed by atoms with Gasteiger partial charge in [0.1, 0.15) is 0 Å². The van der Waals surface area contributed by atoms with Crippen LogP contribution in [-0.2, 0) is 4.79 Å². The summed E-state index contributed by atoms with van der Waals surface area (Å²) in [6.07, 6.45) is 6.44. The Balaban J connectivity index is 2.03. The summed E-state index contributed by atoms with van der Waals surface area (Å²) >= 11 is 0. The maximum atomic E-state index is 12.1. The SMILES string of the molecule is CC1CCCCC1c1[nH]ncc1C(=O)NCCC(N)=O. The average Bonchev–Trinajstić information content (AvgIpc) is 2.87. The fourth-order valence-electron chi connectivity index (χ4n) is 2.90. The summed E-state index contributed by atoms with van der Waals surface area (Å²) in [4.78, 5) is 22.8. The van der Waals surface area contributed by atoms with E-state index < -0.39 is 5.91 Å². The second-order valence-corrected chi connectivity index (χ2v) is 5.54. The standard InChI is InChI=1S/C14H22N4O2/c1-9-4-2-3-5-10(9)13-11(8-17-18-13)14(20)16-7-6-12(15)19/h8-10H,2-7H2,1H3,(H2,15,19)(H,16,20)(H,17,18). The summed E-state index contributed by atoms with van der Waals surface area (Å²) in [6.45, 7) is 2.48. The first-order chi connectivity index (χ1) is 9.59. The first-order valence-electron chi connectivity index (χ1n) is 7.19. The van der Waals surface area contributed by atoms with Gasteiger partial charge in [-0.05, 0) is 12.3 Å². The number of nitrogens with one attached hydrogen (secondary N) is 2. The van der Waals surface area contributed by atoms with E-state index in [2.05, 4.69) is 22.4 Å². The molecule has 2 unspecified atom stereocenters. The highest BCUT2D eigenvalue weighted by Crippen LogP contribution is 2.37. The fourth-order valence-corrected chi connectivity index (χ4v) is 2.90. The molecule has 2 atom stereocenters. The lowest BCUT2D eigenvalue weighted by Gasteiger charge is -2.28. The molecule has 1 aromatic rings. The molecule has 2 rings (SSSR count). The van der Waals surface area contributed by atoms with Crippen LogP contribution in [0.2, 0.25) is 0 Å². The zero-order chi connectivity index (χ0) is 14.5. The highest BCUT2D eigenvalue weighted by Gasteiger charge is 2.28. The van der Waals surface area contributed by atoms with Gasteiger partial charge in [-0.3, -0.25) is 14.7 Å². The van der Waals surface area contributed by atoms with E-state index in [1.165, 1.54) is 19.3 Å². The summed E-state index contributed by atoms with van der Waals surface area (Å²) in [5.74, 6) is 0.316. The Labute approximate surface area is 118 Å². The Morgan fingerprint density at radius 3 is 2.90 bits per heavy atom. The molecule has 0 bridgehead atoms. The molecule has 6 nitrogen and oxygen atoms in total. The van der Waals surface area contributed by atoms with E-state index in [-0.39, 0.29) is 18.9 Å². The van der Waals surface area contributed by atoms with Crippen molar-refractivity contribution in [3.63, 3.8) is 0 Å². The van der Waals surface area contributed by atoms with Gasteiger partial charge in [-0.1, -0.05) is 26.2 Å². The molecule has 1 aliphatic carbocycles. The highest BCUT2D eigenvalue weighted by atomic mass is 16.2. The number of H-pyrrole nitrogens is 1. The van der Waals surface area contributed by atoms with Gasteiger partial charge in [0, 0.05) is 18.9 Å². The molecule has 1 fully saturated rings. The number of aromatic nitrogens is 2. The predicted octanol–water partition coefficient (Wildman–Crippen LogP) is 1.31. The lowest BCUT2D eigenvalue weighted by atomic mass is 9.77. The number of rotatable bonds is 5. The third-order valence-electron chi connectivity index (χ3n) is 4.05. The zero-order valence-electron chi connectivity index (χ0n) is 11.8. The van der Waals surface area contributed by atoms with Gasteiger partial charge in [-0.25, -0.2) is 0 Å². The Kier molecular flexibility index (Phi) is 4.76. The number of nitrogens with two attached hydrogens (primary N) is 1. The molecule has 1 aromatic heterocycles. The van der Waals surface area contributed by atoms with Gasteiger partial charge in [-0.2, -0.15) is 5.10 Å². The van der Waals surface area contributed by atoms with Crippen molar-refractivity contribution < 1.29 is 9.59 Å². The molecule has 0 saturated heterocycles. The van der Waals surface area contributed by atoms with Crippen LogP contribution in [0, 0.1) is 5.92 Å². The normalized spacial score (nSPS) is 22.4. The van der Waals surface area contributed by atoms with Crippen molar-refractivity contribution in [1.82, 2.24) is 15.5 Å². The Morgan fingerprint density at radius 2 is 2.20 bits per heavy atom. The van der Waals surface area contributed by atoms with Gasteiger partial charge in [-0.15, -0.1) is 0 Å². The third kappa shape index (κ3) is 3.37. The molecule has 0 radical (unpaired) electrons. The molecule has 4 N–H and O–H groups in total. The van der Waals surface area contributed by atoms with Gasteiger partial charge in [0.15, 0.2) is 0 Å². The molecular formula is C14H22N4O2. The van der Waals surface area contributed by atoms with Crippen molar-refractivity contribution in [2.45, 2.75) is 44.9 Å². The Bertz CT molecular complexity index is 483. The van der Waals surface area contributed by atoms with Crippen molar-refractivity contribution in [3.05, 3.63) is 17.5 Å². The minimum Gasteiger partial charge on any atom is -0.370 e. The van der Waals surface area contributed by atoms with Crippen LogP contribution in [0.5, 0.6) is 0 Å². The molecule has 0 aromatic carbocycles. The third-order valence-corrected chi connectivity index (χ3v) is 4.05. The average molecular weight is 278 g/mol. The van der Waals surface area contributed by atoms with E-state index >= 15 is 0 Å². The number of carbonyl (C=O) groups excluding carboxylic acids is 2. The number of aromatic amines is 1. The van der Waals surface area contributed by atoms with E-state index in [9.17, 15) is 9.59 Å². The lowest BCUT2D eigenvalue weighted by Crippen LogP contribution is -2.29. The van der Waals surface area contributed by atoms with Crippen LogP contribution in [0.4, 0.5) is 0 Å². The van der Waals surface area contributed by atoms with Crippen molar-refractivity contribution >= 4 is 11.8 Å². The molecule has 2 amide bonds. The monoisotopic (exact) mass is 278 g/mol. The van der Waals surface area contributed by atoms with E-state index in [0.29, 0.717) is 17.4 Å². The summed E-state index contributed by atoms with van der Waals surface area (Å²) in [5, 5.41) is 9.71. The van der Waals surface area contributed by atoms with Crippen LogP contribution < -0.4 is 11.1 Å². The van der Waals surface area contributed by atoms with Crippen LogP contribution >= 0.6 is 0 Å². The minimum absolute atomic E-state index is 0.152. The first kappa shape index (κ1) is 14.6. The summed E-state index contributed by atoms with van der Waals surface area (Å²) in [5.41, 5.74) is 6.57. The number of hydrogen-bond donors (Lipinski definition) is 3. The number of primary amides is 1. The van der Waals surface area contributed by atoms with Gasteiger partial charge in [0.05, 0.1) is 17.5 Å². The van der Waals surface area contributed by atoms with Gasteiger partial charge in [0.2, 0.25) is 5.91 Å². The predicted molar refractivity (Wildman–Crippen MR) is 75.1 cm³/mol. The molecule has 1 heterocycles. The Hall–Kier alpha value is -1.85. The minimum atomic E-state index is -0.418. The second-order valence-electron chi connectivity index (χ2n) is 5.54. The first-order valence-corrected chi connectivity index (χ1v) is 7.19. The number of hydrogen-bond acceptors (Lipinski definition) is 3. The molecule has 0 spiro atoms. The molecular weight excluding hydrogens is 256 g/mol. The largest absolute Gasteiger partial charge is 0.370 e. The molecule has 6 heteroatoms. The Morgan fingerprint density at radius 1 is 1.45 bits per heavy atom. The van der Waals surface area contributed by atoms with Crippen LogP contribution in [0.15, 0.2) is 6.20 Å². The van der Waals surface area contributed by atoms with Gasteiger partial charge < -0.3 is 11.1 Å². The molecule has 20 heavy (non-hydrogen) atoms. The number of carbonyl (C=O) groups is 2. The molecule has 0 aliphatic heterocycles. The van der Waals surface area contributed by atoms with Crippen molar-refractivity contribution in [1.29, 1.82) is 0 Å². The summed E-state index contributed by atoms with van der Waals surface area (Å²) in [6, 6.07) is 0. The topological polar surface area (TPSA) is 101 Å². The smallest absolute Gasteiger partial charge is 0.254 e. The van der Waals surface area contributed by atoms with Crippen LogP contribution in [0.3, 0.4) is 0 Å². The lowest BCUT2D eigenvalue weighted by molar-refractivity contribution is -0.117. The molecule has 1 saturated carbocycles. The quantitative estimate of drug-likeness (QED) is 0.756. The van der Waals surface area contributed by atoms with E-state index in [1.807, 2.05) is 0 Å². The maximum absolute atomic E-state index is 12.1. The molecule has 110 valence electrons. The van der Waals surface area contributed by atoms with E-state index in [1.54, 1.807) is 6.20 Å². The fraction of sp³-hybridized carbons (Fsp3) is 0.643. The van der Waals surface area contributed by atoms with Crippen molar-refractivity contribution in [2.24, 2.45) is 11.7 Å². The van der Waals surface area contributed by atoms with Crippen LogP contribution in [0.25, 0.3) is 0 Å². The van der Waals surface area contributed by atoms with Crippen LogP contribution in [-0.4, -0.2) is 28.6 Å². The molecule has 1 aliphatic rings.